The minimum Gasteiger partial charge on any atom is -0.486 e. The van der Waals surface area contributed by atoms with Crippen LogP contribution < -0.4 is 4.74 Å². The van der Waals surface area contributed by atoms with Gasteiger partial charge in [0.1, 0.15) is 11.9 Å². The third-order valence-corrected chi connectivity index (χ3v) is 2.35. The van der Waals surface area contributed by atoms with Crippen LogP contribution >= 0.6 is 0 Å². The zero-order chi connectivity index (χ0) is 9.26. The molecule has 0 unspecified atom stereocenters. The van der Waals surface area contributed by atoms with E-state index >= 15 is 0 Å². The van der Waals surface area contributed by atoms with Crippen LogP contribution in [0.25, 0.3) is 0 Å². The molecule has 2 atom stereocenters. The molecule has 1 aliphatic rings. The maximum Gasteiger partial charge on any atom is 0.138 e. The molecule has 0 bridgehead atoms. The molecule has 1 saturated carbocycles. The highest BCUT2D eigenvalue weighted by Gasteiger charge is 2.30. The summed E-state index contributed by atoms with van der Waals surface area (Å²) in [6.07, 6.45) is 3.17. The van der Waals surface area contributed by atoms with Crippen molar-refractivity contribution in [2.75, 3.05) is 0 Å². The quantitative estimate of drug-likeness (QED) is 0.744. The van der Waals surface area contributed by atoms with Crippen LogP contribution in [0.15, 0.2) is 18.3 Å². The first kappa shape index (κ1) is 8.51. The predicted molar refractivity (Wildman–Crippen MR) is 48.6 cm³/mol. The summed E-state index contributed by atoms with van der Waals surface area (Å²) in [5.41, 5.74) is 0.974. The Labute approximate surface area is 77.4 Å². The van der Waals surface area contributed by atoms with Gasteiger partial charge < -0.3 is 9.84 Å². The van der Waals surface area contributed by atoms with Crippen LogP contribution in [0.4, 0.5) is 0 Å². The first-order valence-electron chi connectivity index (χ1n) is 4.53. The Morgan fingerprint density at radius 1 is 1.46 bits per heavy atom. The molecule has 0 spiro atoms. The molecular formula is C10H13NO2. The first-order chi connectivity index (χ1) is 6.25. The zero-order valence-electron chi connectivity index (χ0n) is 7.60. The van der Waals surface area contributed by atoms with E-state index in [1.807, 2.05) is 19.1 Å². The number of aryl methyl sites for hydroxylation is 1. The molecule has 1 aromatic heterocycles. The SMILES string of the molecule is Cc1ccc(O[C@@H]2CC[C@H]2O)cn1. The van der Waals surface area contributed by atoms with Crippen LogP contribution in [-0.2, 0) is 0 Å². The summed E-state index contributed by atoms with van der Waals surface area (Å²) >= 11 is 0. The van der Waals surface area contributed by atoms with Gasteiger partial charge in [0.05, 0.1) is 12.3 Å². The molecule has 1 heterocycles. The van der Waals surface area contributed by atoms with E-state index in [4.69, 9.17) is 4.74 Å². The number of pyridine rings is 1. The van der Waals surface area contributed by atoms with Crippen LogP contribution in [0.1, 0.15) is 18.5 Å². The van der Waals surface area contributed by atoms with Crippen LogP contribution in [0, 0.1) is 6.92 Å². The highest BCUT2D eigenvalue weighted by molar-refractivity contribution is 5.19. The fourth-order valence-electron chi connectivity index (χ4n) is 1.29. The Bertz CT molecular complexity index is 283. The van der Waals surface area contributed by atoms with Crippen molar-refractivity contribution < 1.29 is 9.84 Å². The fraction of sp³-hybridized carbons (Fsp3) is 0.500. The zero-order valence-corrected chi connectivity index (χ0v) is 7.60. The van der Waals surface area contributed by atoms with Crippen LogP contribution in [0.3, 0.4) is 0 Å². The first-order valence-corrected chi connectivity index (χ1v) is 4.53. The molecule has 1 aliphatic carbocycles. The molecule has 0 aliphatic heterocycles. The lowest BCUT2D eigenvalue weighted by atomic mass is 9.92. The highest BCUT2D eigenvalue weighted by atomic mass is 16.5. The van der Waals surface area contributed by atoms with Crippen molar-refractivity contribution in [3.8, 4) is 5.75 Å². The second-order valence-electron chi connectivity index (χ2n) is 3.44. The van der Waals surface area contributed by atoms with E-state index in [-0.39, 0.29) is 12.2 Å². The van der Waals surface area contributed by atoms with Crippen molar-refractivity contribution in [2.45, 2.75) is 32.0 Å². The van der Waals surface area contributed by atoms with Crippen LogP contribution in [-0.4, -0.2) is 22.3 Å². The Hall–Kier alpha value is -1.09. The molecule has 0 aromatic carbocycles. The molecule has 1 N–H and O–H groups in total. The predicted octanol–water partition coefficient (Wildman–Crippen LogP) is 1.29. The van der Waals surface area contributed by atoms with Crippen LogP contribution in [0.2, 0.25) is 0 Å². The van der Waals surface area contributed by atoms with Gasteiger partial charge >= 0.3 is 0 Å². The Morgan fingerprint density at radius 2 is 2.31 bits per heavy atom. The summed E-state index contributed by atoms with van der Waals surface area (Å²) in [7, 11) is 0. The van der Waals surface area contributed by atoms with Gasteiger partial charge in [-0.15, -0.1) is 0 Å². The minimum atomic E-state index is -0.290. The largest absolute Gasteiger partial charge is 0.486 e. The van der Waals surface area contributed by atoms with Crippen molar-refractivity contribution in [2.24, 2.45) is 0 Å². The number of rotatable bonds is 2. The van der Waals surface area contributed by atoms with Gasteiger partial charge in [0.25, 0.3) is 0 Å². The molecule has 1 aromatic rings. The fourth-order valence-corrected chi connectivity index (χ4v) is 1.29. The molecule has 3 nitrogen and oxygen atoms in total. The van der Waals surface area contributed by atoms with E-state index in [0.29, 0.717) is 0 Å². The Morgan fingerprint density at radius 3 is 2.77 bits per heavy atom. The number of ether oxygens (including phenoxy) is 1. The molecule has 13 heavy (non-hydrogen) atoms. The molecule has 2 rings (SSSR count). The van der Waals surface area contributed by atoms with E-state index in [1.54, 1.807) is 6.20 Å². The highest BCUT2D eigenvalue weighted by Crippen LogP contribution is 2.25. The van der Waals surface area contributed by atoms with Crippen LogP contribution in [0.5, 0.6) is 5.75 Å². The number of hydrogen-bond donors (Lipinski definition) is 1. The average Bonchev–Trinajstić information content (AvgIpc) is 2.15. The summed E-state index contributed by atoms with van der Waals surface area (Å²) in [6.45, 7) is 1.93. The number of aromatic nitrogens is 1. The van der Waals surface area contributed by atoms with Crippen molar-refractivity contribution in [3.05, 3.63) is 24.0 Å². The van der Waals surface area contributed by atoms with Gasteiger partial charge in [-0.25, -0.2) is 0 Å². The Balaban J connectivity index is 1.98. The van der Waals surface area contributed by atoms with Crippen molar-refractivity contribution in [1.82, 2.24) is 4.98 Å². The number of aliphatic hydroxyl groups is 1. The normalized spacial score (nSPS) is 26.6. The van der Waals surface area contributed by atoms with Gasteiger partial charge in [-0.05, 0) is 31.9 Å². The second-order valence-corrected chi connectivity index (χ2v) is 3.44. The molecule has 0 amide bonds. The van der Waals surface area contributed by atoms with Crippen molar-refractivity contribution >= 4 is 0 Å². The van der Waals surface area contributed by atoms with Crippen molar-refractivity contribution in [3.63, 3.8) is 0 Å². The van der Waals surface area contributed by atoms with Gasteiger partial charge in [0.2, 0.25) is 0 Å². The lowest BCUT2D eigenvalue weighted by Crippen LogP contribution is -2.41. The van der Waals surface area contributed by atoms with Crippen molar-refractivity contribution in [1.29, 1.82) is 0 Å². The third-order valence-electron chi connectivity index (χ3n) is 2.35. The van der Waals surface area contributed by atoms with Gasteiger partial charge in [-0.3, -0.25) is 4.98 Å². The van der Waals surface area contributed by atoms with E-state index < -0.39 is 0 Å². The smallest absolute Gasteiger partial charge is 0.138 e. The number of aliphatic hydroxyl groups excluding tert-OH is 1. The molecule has 0 radical (unpaired) electrons. The topological polar surface area (TPSA) is 42.4 Å². The third kappa shape index (κ3) is 1.80. The summed E-state index contributed by atoms with van der Waals surface area (Å²) in [5, 5.41) is 9.28. The molecule has 3 heteroatoms. The molecule has 0 saturated heterocycles. The van der Waals surface area contributed by atoms with Gasteiger partial charge in [-0.1, -0.05) is 0 Å². The second kappa shape index (κ2) is 3.34. The minimum absolute atomic E-state index is 0.0236. The number of nitrogens with zero attached hydrogens (tertiary/aromatic N) is 1. The van der Waals surface area contributed by atoms with Gasteiger partial charge in [0.15, 0.2) is 0 Å². The lowest BCUT2D eigenvalue weighted by molar-refractivity contribution is -0.0363. The standard InChI is InChI=1S/C10H13NO2/c1-7-2-3-8(6-11-7)13-10-5-4-9(10)12/h2-3,6,9-10,12H,4-5H2,1H3/t9-,10-/m1/s1. The summed E-state index contributed by atoms with van der Waals surface area (Å²) in [6, 6.07) is 3.79. The molecular weight excluding hydrogens is 166 g/mol. The van der Waals surface area contributed by atoms with Gasteiger partial charge in [-0.2, -0.15) is 0 Å². The maximum absolute atomic E-state index is 9.28. The van der Waals surface area contributed by atoms with E-state index in [1.165, 1.54) is 0 Å². The Kier molecular flexibility index (Phi) is 2.19. The van der Waals surface area contributed by atoms with E-state index in [0.717, 1.165) is 24.3 Å². The average molecular weight is 179 g/mol. The monoisotopic (exact) mass is 179 g/mol. The summed E-state index contributed by atoms with van der Waals surface area (Å²) in [4.78, 5) is 4.11. The van der Waals surface area contributed by atoms with E-state index in [9.17, 15) is 5.11 Å². The maximum atomic E-state index is 9.28. The van der Waals surface area contributed by atoms with E-state index in [2.05, 4.69) is 4.98 Å². The number of hydrogen-bond acceptors (Lipinski definition) is 3. The molecule has 70 valence electrons. The van der Waals surface area contributed by atoms with Gasteiger partial charge in [0, 0.05) is 5.69 Å². The summed E-state index contributed by atoms with van der Waals surface area (Å²) < 4.78 is 5.51. The molecule has 1 fully saturated rings. The summed E-state index contributed by atoms with van der Waals surface area (Å²) in [5.74, 6) is 0.745. The lowest BCUT2D eigenvalue weighted by Gasteiger charge is -2.32.